The van der Waals surface area contributed by atoms with Gasteiger partial charge in [0.15, 0.2) is 5.58 Å². The van der Waals surface area contributed by atoms with Gasteiger partial charge >= 0.3 is 0 Å². The van der Waals surface area contributed by atoms with Crippen molar-refractivity contribution in [1.82, 2.24) is 0 Å². The molecule has 0 spiro atoms. The van der Waals surface area contributed by atoms with Crippen molar-refractivity contribution in [2.45, 2.75) is 6.42 Å². The van der Waals surface area contributed by atoms with Gasteiger partial charge in [-0.2, -0.15) is 0 Å². The molecule has 0 aliphatic heterocycles. The lowest BCUT2D eigenvalue weighted by Crippen LogP contribution is -2.10. The molecule has 20 aromatic carbocycles. The minimum absolute atomic E-state index is 0.842. The average Bonchev–Trinajstić information content (AvgIpc) is 1.71. The maximum Gasteiger partial charge on any atom is 0.159 e. The molecule has 117 heavy (non-hydrogen) atoms. The van der Waals surface area contributed by atoms with Crippen LogP contribution in [-0.4, -0.2) is 0 Å². The fraction of sp³-hybridized carbons (Fsp3) is 0.00917. The van der Waals surface area contributed by atoms with Gasteiger partial charge < -0.3 is 13.7 Å². The molecule has 548 valence electrons. The smallest absolute Gasteiger partial charge is 0.159 e. The summed E-state index contributed by atoms with van der Waals surface area (Å²) < 4.78 is 24.8. The third kappa shape index (κ3) is 11.4. The number of rotatable bonds is 7. The molecule has 0 aliphatic rings. The van der Waals surface area contributed by atoms with Crippen LogP contribution in [0, 0.1) is 0 Å². The Hall–Kier alpha value is -13.3. The first kappa shape index (κ1) is 68.2. The van der Waals surface area contributed by atoms with E-state index in [9.17, 15) is 0 Å². The van der Waals surface area contributed by atoms with Crippen LogP contribution in [0.5, 0.6) is 0 Å². The highest BCUT2D eigenvalue weighted by Gasteiger charge is 2.24. The number of anilines is 3. The van der Waals surface area contributed by atoms with E-state index in [1.807, 2.05) is 63.5 Å². The molecule has 0 amide bonds. The molecule has 0 saturated heterocycles. The van der Waals surface area contributed by atoms with Crippen molar-refractivity contribution in [3.05, 3.63) is 392 Å². The number of halogens is 1. The van der Waals surface area contributed by atoms with Crippen molar-refractivity contribution in [2.75, 3.05) is 4.90 Å². The van der Waals surface area contributed by atoms with Crippen LogP contribution in [0.3, 0.4) is 0 Å². The highest BCUT2D eigenvalue weighted by molar-refractivity contribution is 9.10. The summed E-state index contributed by atoms with van der Waals surface area (Å²) in [4.78, 5) is 2.39. The van der Waals surface area contributed by atoms with Crippen LogP contribution < -0.4 is 4.90 Å². The largest absolute Gasteiger partial charge is 0.456 e. The standard InChI is InChI=1S/C54H31NOS2.C31H20OS.C24H13BrS/c1-2-14-37-36(13-1)43-29-35(24-25-38(43)45-31-53-47(30-44(37)45)41-17-5-8-22-51(41)58-53)55(48-19-10-18-42-39-15-3-6-20-49(39)56-54(42)48)34-12-9-11-32(27-34)33-23-26-52-46(28-33)40-16-4-7-21-50(40)57-52;1-3-13-28-24(10-1)26-12-6-9-23(31(26)32-28)18-20-7-5-8-21(17-20)22-15-16-30-27(19-22)25-11-2-4-14-29(25)33-30;25-14-9-10-17-19(11-14)15-5-1-2-6-16(15)20-12-22-18-7-3-4-8-23(18)26-24(22)13-21(17)20/h1-31H;1-17,19H,18H2;1-13H. The van der Waals surface area contributed by atoms with Crippen molar-refractivity contribution < 1.29 is 8.83 Å². The number of hydrogen-bond acceptors (Lipinski definition) is 7. The Bertz CT molecular complexity index is 8630. The second-order valence-electron chi connectivity index (χ2n) is 30.5. The van der Waals surface area contributed by atoms with Crippen LogP contribution in [0.15, 0.2) is 389 Å². The van der Waals surface area contributed by atoms with Gasteiger partial charge in [-0.25, -0.2) is 0 Å². The quantitative estimate of drug-likeness (QED) is 0.149. The maximum absolute atomic E-state index is 6.74. The molecule has 0 fully saturated rings. The van der Waals surface area contributed by atoms with Crippen molar-refractivity contribution in [3.8, 4) is 22.3 Å². The van der Waals surface area contributed by atoms with Crippen LogP contribution in [0.1, 0.15) is 11.1 Å². The van der Waals surface area contributed by atoms with Gasteiger partial charge in [-0.05, 0) is 225 Å². The summed E-state index contributed by atoms with van der Waals surface area (Å²) in [6.45, 7) is 0. The van der Waals surface area contributed by atoms with Gasteiger partial charge in [-0.15, -0.1) is 45.3 Å². The van der Waals surface area contributed by atoms with Crippen LogP contribution in [0.25, 0.3) is 211 Å². The molecule has 0 aliphatic carbocycles. The van der Waals surface area contributed by atoms with Gasteiger partial charge in [-0.3, -0.25) is 0 Å². The molecule has 0 N–H and O–H groups in total. The second-order valence-corrected chi connectivity index (χ2v) is 35.8. The molecular weight excluding hydrogens is 1560 g/mol. The molecule has 0 radical (unpaired) electrons. The molecule has 0 bridgehead atoms. The van der Waals surface area contributed by atoms with Crippen LogP contribution in [0.2, 0.25) is 0 Å². The van der Waals surface area contributed by atoms with E-state index in [0.717, 1.165) is 61.1 Å². The van der Waals surface area contributed by atoms with E-state index in [-0.39, 0.29) is 0 Å². The zero-order valence-electron chi connectivity index (χ0n) is 62.8. The molecule has 6 aromatic heterocycles. The average molecular weight is 1630 g/mol. The Morgan fingerprint density at radius 1 is 0.214 bits per heavy atom. The second kappa shape index (κ2) is 27.5. The van der Waals surface area contributed by atoms with E-state index in [1.165, 1.54) is 189 Å². The third-order valence-corrected chi connectivity index (χ3v) is 28.9. The summed E-state index contributed by atoms with van der Waals surface area (Å²) in [5.74, 6) is 0. The summed E-state index contributed by atoms with van der Waals surface area (Å²) in [5, 5.41) is 30.8. The lowest BCUT2D eigenvalue weighted by atomic mass is 9.92. The number of para-hydroxylation sites is 4. The number of fused-ring (bicyclic) bond motifs is 30. The first-order valence-corrected chi connectivity index (χ1v) is 43.6. The van der Waals surface area contributed by atoms with E-state index in [1.54, 1.807) is 0 Å². The Morgan fingerprint density at radius 3 is 1.13 bits per heavy atom. The summed E-state index contributed by atoms with van der Waals surface area (Å²) >= 11 is 11.1. The molecule has 26 rings (SSSR count). The maximum atomic E-state index is 6.74. The summed E-state index contributed by atoms with van der Waals surface area (Å²) in [6.07, 6.45) is 0.842. The van der Waals surface area contributed by atoms with Gasteiger partial charge in [0.1, 0.15) is 16.7 Å². The Kier molecular flexibility index (Phi) is 16.0. The van der Waals surface area contributed by atoms with E-state index in [2.05, 4.69) is 379 Å². The van der Waals surface area contributed by atoms with Crippen LogP contribution in [-0.2, 0) is 6.42 Å². The third-order valence-electron chi connectivity index (χ3n) is 23.8. The zero-order chi connectivity index (χ0) is 76.9. The van der Waals surface area contributed by atoms with Gasteiger partial charge in [0.05, 0.1) is 5.69 Å². The van der Waals surface area contributed by atoms with Gasteiger partial charge in [0, 0.05) is 125 Å². The lowest BCUT2D eigenvalue weighted by molar-refractivity contribution is 0.664. The monoisotopic (exact) mass is 1630 g/mol. The van der Waals surface area contributed by atoms with Gasteiger partial charge in [0.25, 0.3) is 0 Å². The fourth-order valence-electron chi connectivity index (χ4n) is 18.4. The lowest BCUT2D eigenvalue weighted by Gasteiger charge is -2.27. The van der Waals surface area contributed by atoms with Crippen molar-refractivity contribution in [3.63, 3.8) is 0 Å². The predicted octanol–water partition coefficient (Wildman–Crippen LogP) is 34.4. The summed E-state index contributed by atoms with van der Waals surface area (Å²) in [5.41, 5.74) is 14.2. The molecule has 6 heterocycles. The van der Waals surface area contributed by atoms with E-state index in [4.69, 9.17) is 8.83 Å². The molecule has 8 heteroatoms. The molecule has 3 nitrogen and oxygen atoms in total. The molecular formula is C109H64BrNO2S4. The fourth-order valence-corrected chi connectivity index (χ4v) is 23.2. The predicted molar refractivity (Wildman–Crippen MR) is 513 cm³/mol. The molecule has 0 unspecified atom stereocenters. The number of nitrogens with zero attached hydrogens (tertiary/aromatic N) is 1. The first-order chi connectivity index (χ1) is 57.9. The van der Waals surface area contributed by atoms with Gasteiger partial charge in [0.2, 0.25) is 0 Å². The van der Waals surface area contributed by atoms with Crippen molar-refractivity contribution >= 4 is 268 Å². The Morgan fingerprint density at radius 2 is 0.581 bits per heavy atom. The van der Waals surface area contributed by atoms with E-state index >= 15 is 0 Å². The summed E-state index contributed by atoms with van der Waals surface area (Å²) in [7, 11) is 0. The molecule has 26 aromatic rings. The highest BCUT2D eigenvalue weighted by Crippen LogP contribution is 2.50. The topological polar surface area (TPSA) is 29.5 Å². The number of thiophene rings is 4. The van der Waals surface area contributed by atoms with Crippen LogP contribution >= 0.6 is 61.3 Å². The molecule has 0 saturated carbocycles. The number of benzene rings is 20. The normalized spacial score (nSPS) is 12.0. The highest BCUT2D eigenvalue weighted by atomic mass is 79.9. The van der Waals surface area contributed by atoms with Crippen LogP contribution in [0.4, 0.5) is 17.1 Å². The first-order valence-electron chi connectivity index (χ1n) is 39.5. The number of hydrogen-bond donors (Lipinski definition) is 0. The number of furan rings is 2. The van der Waals surface area contributed by atoms with Crippen molar-refractivity contribution in [1.29, 1.82) is 0 Å². The Labute approximate surface area is 695 Å². The van der Waals surface area contributed by atoms with Crippen molar-refractivity contribution in [2.24, 2.45) is 0 Å². The minimum atomic E-state index is 0.842. The zero-order valence-corrected chi connectivity index (χ0v) is 67.6. The minimum Gasteiger partial charge on any atom is -0.456 e. The Balaban J connectivity index is 0.000000112. The summed E-state index contributed by atoms with van der Waals surface area (Å²) in [6, 6.07) is 137. The van der Waals surface area contributed by atoms with E-state index in [0.29, 0.717) is 0 Å². The SMILES string of the molecule is Brc1ccc2c(c1)c1ccccc1c1cc3c(cc21)sc1ccccc13.c1cc(-c2ccc3sc4ccccc4c3c2)cc(N(c2ccc3c(c2)c2ccccc2c2cc4c(cc32)sc2ccccc24)c2cccc3c2oc2ccccc23)c1.c1cc(Cc2cccc3c2oc2ccccc23)cc(-c2ccc3sc4ccccc4c3c2)c1. The molecule has 0 atom stereocenters. The van der Waals surface area contributed by atoms with E-state index < -0.39 is 0 Å². The van der Waals surface area contributed by atoms with Gasteiger partial charge in [-0.1, -0.05) is 265 Å².